The molecule has 2 aliphatic carbocycles. The van der Waals surface area contributed by atoms with Gasteiger partial charge in [0.2, 0.25) is 0 Å². The van der Waals surface area contributed by atoms with E-state index < -0.39 is 0 Å². The summed E-state index contributed by atoms with van der Waals surface area (Å²) < 4.78 is 11.7. The Morgan fingerprint density at radius 3 is 2.80 bits per heavy atom. The van der Waals surface area contributed by atoms with Gasteiger partial charge in [0.15, 0.2) is 0 Å². The second kappa shape index (κ2) is 5.91. The molecule has 4 heteroatoms. The van der Waals surface area contributed by atoms with Crippen LogP contribution in [-0.4, -0.2) is 62.0 Å². The first kappa shape index (κ1) is 14.8. The second-order valence-electron chi connectivity index (χ2n) is 7.18. The van der Waals surface area contributed by atoms with E-state index >= 15 is 0 Å². The minimum atomic E-state index is 0.251. The van der Waals surface area contributed by atoms with Gasteiger partial charge in [0.05, 0.1) is 18.8 Å². The van der Waals surface area contributed by atoms with Crippen LogP contribution < -0.4 is 5.32 Å². The number of nitrogens with zero attached hydrogens (tertiary/aromatic N) is 1. The highest BCUT2D eigenvalue weighted by molar-refractivity contribution is 5.03. The Morgan fingerprint density at radius 2 is 2.15 bits per heavy atom. The minimum Gasteiger partial charge on any atom is -0.378 e. The number of hydrogen-bond donors (Lipinski definition) is 1. The molecule has 1 N–H and O–H groups in total. The summed E-state index contributed by atoms with van der Waals surface area (Å²) in [5.41, 5.74) is 0.251. The third-order valence-corrected chi connectivity index (χ3v) is 5.37. The topological polar surface area (TPSA) is 33.7 Å². The number of hydrogen-bond acceptors (Lipinski definition) is 4. The van der Waals surface area contributed by atoms with Gasteiger partial charge in [-0.1, -0.05) is 13.8 Å². The molecule has 3 rings (SSSR count). The quantitative estimate of drug-likeness (QED) is 0.803. The highest BCUT2D eigenvalue weighted by Crippen LogP contribution is 2.42. The molecule has 0 aromatic rings. The Kier molecular flexibility index (Phi) is 4.37. The van der Waals surface area contributed by atoms with E-state index in [1.165, 1.54) is 12.8 Å². The van der Waals surface area contributed by atoms with E-state index in [1.54, 1.807) is 0 Å². The molecule has 1 heterocycles. The van der Waals surface area contributed by atoms with Gasteiger partial charge < -0.3 is 14.8 Å². The van der Waals surface area contributed by atoms with Crippen LogP contribution in [-0.2, 0) is 9.47 Å². The van der Waals surface area contributed by atoms with E-state index in [2.05, 4.69) is 31.0 Å². The maximum atomic E-state index is 5.91. The van der Waals surface area contributed by atoms with Crippen molar-refractivity contribution >= 4 is 0 Å². The number of ether oxygens (including phenoxy) is 2. The Labute approximate surface area is 123 Å². The predicted octanol–water partition coefficient (Wildman–Crippen LogP) is 1.64. The lowest BCUT2D eigenvalue weighted by molar-refractivity contribution is -0.118. The fourth-order valence-electron chi connectivity index (χ4n) is 3.63. The fraction of sp³-hybridized carbons (Fsp3) is 1.00. The zero-order valence-electron chi connectivity index (χ0n) is 13.2. The molecule has 3 fully saturated rings. The lowest BCUT2D eigenvalue weighted by Gasteiger charge is -2.52. The Hall–Kier alpha value is -0.160. The van der Waals surface area contributed by atoms with E-state index in [-0.39, 0.29) is 5.41 Å². The highest BCUT2D eigenvalue weighted by atomic mass is 16.5. The molecule has 3 aliphatic rings. The zero-order chi connectivity index (χ0) is 14.2. The van der Waals surface area contributed by atoms with Crippen LogP contribution in [0.4, 0.5) is 0 Å². The molecular formula is C16H30N2O2. The molecule has 0 unspecified atom stereocenters. The maximum absolute atomic E-state index is 5.91. The van der Waals surface area contributed by atoms with E-state index in [0.717, 1.165) is 45.3 Å². The lowest BCUT2D eigenvalue weighted by atomic mass is 9.64. The summed E-state index contributed by atoms with van der Waals surface area (Å²) in [5, 5.41) is 3.72. The van der Waals surface area contributed by atoms with Crippen molar-refractivity contribution in [3.8, 4) is 0 Å². The molecule has 2 saturated carbocycles. The van der Waals surface area contributed by atoms with Gasteiger partial charge >= 0.3 is 0 Å². The molecule has 20 heavy (non-hydrogen) atoms. The molecule has 0 radical (unpaired) electrons. The molecule has 0 spiro atoms. The van der Waals surface area contributed by atoms with E-state index in [1.807, 2.05) is 0 Å². The number of morpholine rings is 1. The summed E-state index contributed by atoms with van der Waals surface area (Å²) in [6.07, 6.45) is 4.71. The Bertz CT molecular complexity index is 330. The number of rotatable bonds is 6. The highest BCUT2D eigenvalue weighted by Gasteiger charge is 2.48. The van der Waals surface area contributed by atoms with E-state index in [0.29, 0.717) is 18.2 Å². The van der Waals surface area contributed by atoms with Crippen molar-refractivity contribution in [3.63, 3.8) is 0 Å². The van der Waals surface area contributed by atoms with Gasteiger partial charge in [0.25, 0.3) is 0 Å². The van der Waals surface area contributed by atoms with Crippen LogP contribution in [0.5, 0.6) is 0 Å². The smallest absolute Gasteiger partial charge is 0.0826 e. The fourth-order valence-corrected chi connectivity index (χ4v) is 3.63. The summed E-state index contributed by atoms with van der Waals surface area (Å²) in [4.78, 5) is 2.62. The van der Waals surface area contributed by atoms with E-state index in [4.69, 9.17) is 9.47 Å². The molecule has 4 nitrogen and oxygen atoms in total. The summed E-state index contributed by atoms with van der Waals surface area (Å²) in [7, 11) is 0. The van der Waals surface area contributed by atoms with Crippen molar-refractivity contribution in [2.45, 2.75) is 64.3 Å². The van der Waals surface area contributed by atoms with Crippen LogP contribution in [0.2, 0.25) is 0 Å². The van der Waals surface area contributed by atoms with Crippen molar-refractivity contribution in [2.75, 3.05) is 32.8 Å². The van der Waals surface area contributed by atoms with Gasteiger partial charge in [-0.15, -0.1) is 0 Å². The van der Waals surface area contributed by atoms with Crippen LogP contribution in [0.25, 0.3) is 0 Å². The van der Waals surface area contributed by atoms with Gasteiger partial charge in [-0.05, 0) is 26.2 Å². The Morgan fingerprint density at radius 1 is 1.35 bits per heavy atom. The van der Waals surface area contributed by atoms with Crippen molar-refractivity contribution in [1.29, 1.82) is 0 Å². The minimum absolute atomic E-state index is 0.251. The van der Waals surface area contributed by atoms with Crippen molar-refractivity contribution in [1.82, 2.24) is 10.2 Å². The maximum Gasteiger partial charge on any atom is 0.0826 e. The molecule has 116 valence electrons. The molecular weight excluding hydrogens is 252 g/mol. The molecule has 0 aromatic carbocycles. The molecule has 1 saturated heterocycles. The summed E-state index contributed by atoms with van der Waals surface area (Å²) in [6.45, 7) is 11.7. The van der Waals surface area contributed by atoms with Crippen LogP contribution in [0.15, 0.2) is 0 Å². The van der Waals surface area contributed by atoms with Gasteiger partial charge in [-0.3, -0.25) is 4.90 Å². The molecule has 0 bridgehead atoms. The van der Waals surface area contributed by atoms with Crippen molar-refractivity contribution in [3.05, 3.63) is 0 Å². The first-order valence-electron chi connectivity index (χ1n) is 8.32. The van der Waals surface area contributed by atoms with E-state index in [9.17, 15) is 0 Å². The second-order valence-corrected chi connectivity index (χ2v) is 7.18. The molecule has 0 aromatic heterocycles. The van der Waals surface area contributed by atoms with Gasteiger partial charge in [-0.2, -0.15) is 0 Å². The predicted molar refractivity (Wildman–Crippen MR) is 79.9 cm³/mol. The van der Waals surface area contributed by atoms with Crippen LogP contribution >= 0.6 is 0 Å². The van der Waals surface area contributed by atoms with Crippen molar-refractivity contribution < 1.29 is 9.47 Å². The SMILES string of the molecule is CCO[C@@H]1C[C@@H](NC[C@H]2CN(C3CC3)CCO2)C1(C)C. The summed E-state index contributed by atoms with van der Waals surface area (Å²) >= 11 is 0. The normalized spacial score (nSPS) is 37.6. The first-order chi connectivity index (χ1) is 9.61. The third kappa shape index (κ3) is 3.03. The third-order valence-electron chi connectivity index (χ3n) is 5.37. The van der Waals surface area contributed by atoms with Gasteiger partial charge in [0, 0.05) is 43.7 Å². The largest absolute Gasteiger partial charge is 0.378 e. The standard InChI is InChI=1S/C16H30N2O2/c1-4-19-15-9-14(16(15,2)3)17-10-13-11-18(7-8-20-13)12-5-6-12/h12-15,17H,4-11H2,1-3H3/t13-,14+,15+/m0/s1. The first-order valence-corrected chi connectivity index (χ1v) is 8.32. The lowest BCUT2D eigenvalue weighted by Crippen LogP contribution is -2.62. The molecule has 3 atom stereocenters. The number of nitrogens with one attached hydrogen (secondary N) is 1. The summed E-state index contributed by atoms with van der Waals surface area (Å²) in [5.74, 6) is 0. The summed E-state index contributed by atoms with van der Waals surface area (Å²) in [6, 6.07) is 1.43. The van der Waals surface area contributed by atoms with Crippen LogP contribution in [0, 0.1) is 5.41 Å². The molecule has 0 amide bonds. The average Bonchev–Trinajstić information content (AvgIpc) is 3.27. The molecule has 1 aliphatic heterocycles. The zero-order valence-corrected chi connectivity index (χ0v) is 13.2. The Balaban J connectivity index is 1.41. The average molecular weight is 282 g/mol. The van der Waals surface area contributed by atoms with Crippen LogP contribution in [0.1, 0.15) is 40.0 Å². The van der Waals surface area contributed by atoms with Gasteiger partial charge in [-0.25, -0.2) is 0 Å². The van der Waals surface area contributed by atoms with Gasteiger partial charge in [0.1, 0.15) is 0 Å². The van der Waals surface area contributed by atoms with Crippen molar-refractivity contribution in [2.24, 2.45) is 5.41 Å². The van der Waals surface area contributed by atoms with Crippen LogP contribution in [0.3, 0.4) is 0 Å². The monoisotopic (exact) mass is 282 g/mol.